The van der Waals surface area contributed by atoms with Crippen LogP contribution in [0.3, 0.4) is 0 Å². The van der Waals surface area contributed by atoms with Crippen molar-refractivity contribution in [1.82, 2.24) is 0 Å². The maximum atomic E-state index is 11.2. The predicted octanol–water partition coefficient (Wildman–Crippen LogP) is 2.54. The third-order valence-electron chi connectivity index (χ3n) is 2.71. The van der Waals surface area contributed by atoms with Gasteiger partial charge in [0.05, 0.1) is 11.1 Å². The molecule has 0 heterocycles. The molecule has 86 valence electrons. The zero-order valence-electron chi connectivity index (χ0n) is 9.10. The van der Waals surface area contributed by atoms with Gasteiger partial charge in [-0.1, -0.05) is 24.3 Å². The van der Waals surface area contributed by atoms with E-state index in [4.69, 9.17) is 10.2 Å². The predicted molar refractivity (Wildman–Crippen MR) is 62.6 cm³/mol. The Morgan fingerprint density at radius 2 is 1.65 bits per heavy atom. The molecule has 0 fully saturated rings. The molecule has 2 N–H and O–H groups in total. The molecule has 17 heavy (non-hydrogen) atoms. The lowest BCUT2D eigenvalue weighted by Gasteiger charge is -2.08. The fourth-order valence-electron chi connectivity index (χ4n) is 1.94. The molecule has 0 atom stereocenters. The van der Waals surface area contributed by atoms with Crippen LogP contribution in [0.25, 0.3) is 10.8 Å². The van der Waals surface area contributed by atoms with Crippen LogP contribution in [0, 0.1) is 6.92 Å². The van der Waals surface area contributed by atoms with Gasteiger partial charge < -0.3 is 10.2 Å². The summed E-state index contributed by atoms with van der Waals surface area (Å²) in [4.78, 5) is 22.2. The van der Waals surface area contributed by atoms with E-state index in [1.165, 1.54) is 6.07 Å². The quantitative estimate of drug-likeness (QED) is 0.831. The third kappa shape index (κ3) is 1.73. The van der Waals surface area contributed by atoms with E-state index >= 15 is 0 Å². The Hall–Kier alpha value is -2.36. The number of rotatable bonds is 2. The van der Waals surface area contributed by atoms with E-state index in [-0.39, 0.29) is 11.1 Å². The Morgan fingerprint density at radius 3 is 2.24 bits per heavy atom. The molecule has 0 bridgehead atoms. The van der Waals surface area contributed by atoms with Crippen molar-refractivity contribution in [3.63, 3.8) is 0 Å². The summed E-state index contributed by atoms with van der Waals surface area (Å²) in [7, 11) is 0. The maximum absolute atomic E-state index is 11.2. The second-order valence-electron chi connectivity index (χ2n) is 3.77. The molecule has 0 unspecified atom stereocenters. The lowest BCUT2D eigenvalue weighted by Crippen LogP contribution is -2.03. The molecule has 0 spiro atoms. The topological polar surface area (TPSA) is 74.6 Å². The van der Waals surface area contributed by atoms with Crippen molar-refractivity contribution in [2.24, 2.45) is 0 Å². The molecular formula is C13H10O4. The number of benzene rings is 2. The highest BCUT2D eigenvalue weighted by atomic mass is 16.4. The number of hydrogen-bond donors (Lipinski definition) is 2. The molecule has 2 rings (SSSR count). The van der Waals surface area contributed by atoms with Gasteiger partial charge in [-0.15, -0.1) is 0 Å². The Balaban J connectivity index is 2.93. The number of hydrogen-bond acceptors (Lipinski definition) is 2. The summed E-state index contributed by atoms with van der Waals surface area (Å²) in [5, 5.41) is 19.1. The largest absolute Gasteiger partial charge is 0.478 e. The highest BCUT2D eigenvalue weighted by molar-refractivity contribution is 6.11. The van der Waals surface area contributed by atoms with Gasteiger partial charge in [0, 0.05) is 0 Å². The number of aromatic carboxylic acids is 2. The monoisotopic (exact) mass is 230 g/mol. The van der Waals surface area contributed by atoms with E-state index in [9.17, 15) is 9.59 Å². The smallest absolute Gasteiger partial charge is 0.336 e. The van der Waals surface area contributed by atoms with Crippen molar-refractivity contribution in [2.75, 3.05) is 0 Å². The first-order chi connectivity index (χ1) is 8.02. The second-order valence-corrected chi connectivity index (χ2v) is 3.77. The Kier molecular flexibility index (Phi) is 2.55. The number of aryl methyl sites for hydroxylation is 1. The minimum atomic E-state index is -1.06. The van der Waals surface area contributed by atoms with Gasteiger partial charge in [-0.3, -0.25) is 0 Å². The van der Waals surface area contributed by atoms with E-state index in [1.807, 2.05) is 0 Å². The van der Waals surface area contributed by atoms with Gasteiger partial charge in [-0.25, -0.2) is 9.59 Å². The lowest BCUT2D eigenvalue weighted by molar-refractivity contribution is 0.0686. The molecule has 2 aromatic carbocycles. The number of fused-ring (bicyclic) bond motifs is 1. The number of carboxylic acids is 2. The average molecular weight is 230 g/mol. The van der Waals surface area contributed by atoms with Gasteiger partial charge in [0.25, 0.3) is 0 Å². The highest BCUT2D eigenvalue weighted by Crippen LogP contribution is 2.25. The average Bonchev–Trinajstić information content (AvgIpc) is 2.26. The van der Waals surface area contributed by atoms with Crippen LogP contribution in [-0.2, 0) is 0 Å². The van der Waals surface area contributed by atoms with Crippen molar-refractivity contribution in [3.8, 4) is 0 Å². The third-order valence-corrected chi connectivity index (χ3v) is 2.71. The number of carbonyl (C=O) groups is 2. The van der Waals surface area contributed by atoms with Gasteiger partial charge in [-0.05, 0) is 29.3 Å². The Labute approximate surface area is 97.1 Å². The van der Waals surface area contributed by atoms with Gasteiger partial charge in [-0.2, -0.15) is 0 Å². The van der Waals surface area contributed by atoms with Crippen molar-refractivity contribution < 1.29 is 19.8 Å². The van der Waals surface area contributed by atoms with Crippen LogP contribution in [0.4, 0.5) is 0 Å². The summed E-state index contributed by atoms with van der Waals surface area (Å²) >= 11 is 0. The molecule has 0 aliphatic heterocycles. The first kappa shape index (κ1) is 11.1. The molecule has 4 nitrogen and oxygen atoms in total. The first-order valence-corrected chi connectivity index (χ1v) is 5.01. The summed E-state index contributed by atoms with van der Waals surface area (Å²) in [6.07, 6.45) is 0. The first-order valence-electron chi connectivity index (χ1n) is 5.01. The zero-order chi connectivity index (χ0) is 12.6. The van der Waals surface area contributed by atoms with Crippen LogP contribution >= 0.6 is 0 Å². The van der Waals surface area contributed by atoms with Gasteiger partial charge >= 0.3 is 11.9 Å². The van der Waals surface area contributed by atoms with E-state index in [0.717, 1.165) is 0 Å². The molecular weight excluding hydrogens is 220 g/mol. The van der Waals surface area contributed by atoms with Gasteiger partial charge in [0.2, 0.25) is 0 Å². The summed E-state index contributed by atoms with van der Waals surface area (Å²) in [5.41, 5.74) is 0.892. The molecule has 0 saturated carbocycles. The van der Waals surface area contributed by atoms with Crippen LogP contribution in [0.2, 0.25) is 0 Å². The van der Waals surface area contributed by atoms with Crippen molar-refractivity contribution in [2.45, 2.75) is 6.92 Å². The molecule has 0 aromatic heterocycles. The summed E-state index contributed by atoms with van der Waals surface area (Å²) < 4.78 is 0. The van der Waals surface area contributed by atoms with E-state index < -0.39 is 11.9 Å². The minimum Gasteiger partial charge on any atom is -0.478 e. The lowest BCUT2D eigenvalue weighted by atomic mass is 9.96. The zero-order valence-corrected chi connectivity index (χ0v) is 9.10. The maximum Gasteiger partial charge on any atom is 0.336 e. The Morgan fingerprint density at radius 1 is 0.941 bits per heavy atom. The molecule has 0 aliphatic carbocycles. The normalized spacial score (nSPS) is 10.4. The fraction of sp³-hybridized carbons (Fsp3) is 0.0769. The molecule has 0 saturated heterocycles. The van der Waals surface area contributed by atoms with Crippen LogP contribution < -0.4 is 0 Å². The van der Waals surface area contributed by atoms with Crippen molar-refractivity contribution in [3.05, 3.63) is 47.0 Å². The molecule has 2 aromatic rings. The second kappa shape index (κ2) is 3.90. The summed E-state index contributed by atoms with van der Waals surface area (Å²) in [6.45, 7) is 1.69. The summed E-state index contributed by atoms with van der Waals surface area (Å²) in [6, 6.07) is 7.90. The van der Waals surface area contributed by atoms with Crippen LogP contribution in [-0.4, -0.2) is 22.2 Å². The standard InChI is InChI=1S/C13H10O4/c1-7-5-6-8-9(11(7)13(16)17)3-2-4-10(8)12(14)15/h2-6H,1H3,(H,14,15)(H,16,17). The van der Waals surface area contributed by atoms with E-state index in [1.54, 1.807) is 31.2 Å². The van der Waals surface area contributed by atoms with E-state index in [0.29, 0.717) is 16.3 Å². The van der Waals surface area contributed by atoms with Gasteiger partial charge in [0.15, 0.2) is 0 Å². The minimum absolute atomic E-state index is 0.116. The molecule has 0 amide bonds. The van der Waals surface area contributed by atoms with Crippen LogP contribution in [0.1, 0.15) is 26.3 Å². The SMILES string of the molecule is Cc1ccc2c(C(=O)O)cccc2c1C(=O)O. The van der Waals surface area contributed by atoms with Crippen LogP contribution in [0.15, 0.2) is 30.3 Å². The van der Waals surface area contributed by atoms with Crippen LogP contribution in [0.5, 0.6) is 0 Å². The summed E-state index contributed by atoms with van der Waals surface area (Å²) in [5.74, 6) is -2.11. The molecule has 0 aliphatic rings. The van der Waals surface area contributed by atoms with Crippen molar-refractivity contribution in [1.29, 1.82) is 0 Å². The van der Waals surface area contributed by atoms with Gasteiger partial charge in [0.1, 0.15) is 0 Å². The van der Waals surface area contributed by atoms with E-state index in [2.05, 4.69) is 0 Å². The number of carboxylic acid groups (broad SMARTS) is 2. The molecule has 4 heteroatoms. The van der Waals surface area contributed by atoms with Crippen molar-refractivity contribution >= 4 is 22.7 Å². The Bertz CT molecular complexity index is 629. The highest BCUT2D eigenvalue weighted by Gasteiger charge is 2.15. The molecule has 0 radical (unpaired) electrons. The fourth-order valence-corrected chi connectivity index (χ4v) is 1.94.